The van der Waals surface area contributed by atoms with E-state index in [1.165, 1.54) is 12.1 Å². The van der Waals surface area contributed by atoms with Gasteiger partial charge in [-0.15, -0.1) is 0 Å². The molecule has 2 heterocycles. The zero-order valence-electron chi connectivity index (χ0n) is 14.4. The lowest BCUT2D eigenvalue weighted by atomic mass is 10.1. The van der Waals surface area contributed by atoms with Gasteiger partial charge in [0.1, 0.15) is 11.9 Å². The number of nitrogens with zero attached hydrogens (tertiary/aromatic N) is 3. The largest absolute Gasteiger partial charge is 0.324 e. The van der Waals surface area contributed by atoms with Gasteiger partial charge in [0.2, 0.25) is 11.9 Å². The summed E-state index contributed by atoms with van der Waals surface area (Å²) in [5, 5.41) is 2.57. The van der Waals surface area contributed by atoms with Gasteiger partial charge < -0.3 is 5.32 Å². The number of halogens is 1. The topological polar surface area (TPSA) is 67.2 Å². The van der Waals surface area contributed by atoms with Gasteiger partial charge in [0.25, 0.3) is 5.91 Å². The van der Waals surface area contributed by atoms with Gasteiger partial charge in [0, 0.05) is 6.04 Å². The fourth-order valence-corrected chi connectivity index (χ4v) is 3.67. The summed E-state index contributed by atoms with van der Waals surface area (Å²) in [7, 11) is 0. The van der Waals surface area contributed by atoms with Crippen LogP contribution in [-0.2, 0) is 9.59 Å². The van der Waals surface area contributed by atoms with Crippen molar-refractivity contribution in [1.82, 2.24) is 9.55 Å². The van der Waals surface area contributed by atoms with Crippen LogP contribution in [0.5, 0.6) is 0 Å². The van der Waals surface area contributed by atoms with Crippen LogP contribution in [-0.4, -0.2) is 27.4 Å². The van der Waals surface area contributed by atoms with Gasteiger partial charge in [0.05, 0.1) is 23.1 Å². The average Bonchev–Trinajstić information content (AvgIpc) is 3.36. The zero-order chi connectivity index (χ0) is 18.5. The Labute approximate surface area is 154 Å². The Morgan fingerprint density at radius 2 is 1.89 bits per heavy atom. The number of amides is 2. The lowest BCUT2D eigenvalue weighted by molar-refractivity contribution is -0.124. The molecule has 0 bridgehead atoms. The molecule has 2 amide bonds. The molecular formula is C20H17FN4O2. The first-order valence-electron chi connectivity index (χ1n) is 8.98. The minimum Gasteiger partial charge on any atom is -0.324 e. The number of aromatic nitrogens is 2. The molecule has 1 fully saturated rings. The van der Waals surface area contributed by atoms with Crippen molar-refractivity contribution in [3.05, 3.63) is 54.3 Å². The number of hydrogen-bond donors (Lipinski definition) is 1. The minimum absolute atomic E-state index is 0.0657. The molecule has 1 aromatic heterocycles. The lowest BCUT2D eigenvalue weighted by Crippen LogP contribution is -2.33. The van der Waals surface area contributed by atoms with E-state index in [0.29, 0.717) is 5.95 Å². The maximum absolute atomic E-state index is 13.8. The highest BCUT2D eigenvalue weighted by Crippen LogP contribution is 2.42. The van der Waals surface area contributed by atoms with Gasteiger partial charge in [-0.25, -0.2) is 9.37 Å². The summed E-state index contributed by atoms with van der Waals surface area (Å²) in [6.07, 6.45) is 1.83. The number of carbonyl (C=O) groups is 2. The highest BCUT2D eigenvalue weighted by molar-refractivity contribution is 6.05. The van der Waals surface area contributed by atoms with E-state index in [2.05, 4.69) is 10.3 Å². The molecule has 2 aliphatic rings. The molecular weight excluding hydrogens is 347 g/mol. The number of para-hydroxylation sites is 3. The third kappa shape index (κ3) is 2.58. The number of benzene rings is 2. The van der Waals surface area contributed by atoms with Crippen molar-refractivity contribution in [3.8, 4) is 0 Å². The van der Waals surface area contributed by atoms with Crippen LogP contribution < -0.4 is 10.2 Å². The molecule has 5 rings (SSSR count). The Kier molecular flexibility index (Phi) is 3.50. The highest BCUT2D eigenvalue weighted by Gasteiger charge is 2.47. The molecule has 7 heteroatoms. The summed E-state index contributed by atoms with van der Waals surface area (Å²) in [6, 6.07) is 13.1. The summed E-state index contributed by atoms with van der Waals surface area (Å²) < 4.78 is 15.7. The van der Waals surface area contributed by atoms with Crippen molar-refractivity contribution >= 4 is 34.5 Å². The molecule has 0 spiro atoms. The number of carbonyl (C=O) groups excluding carboxylic acids is 2. The van der Waals surface area contributed by atoms with E-state index in [9.17, 15) is 14.0 Å². The SMILES string of the molecule is O=C(CC1C(=O)N(C2CC2)c2nc3ccccc3n21)Nc1ccccc1F. The van der Waals surface area contributed by atoms with E-state index in [-0.39, 0.29) is 24.1 Å². The van der Waals surface area contributed by atoms with E-state index < -0.39 is 17.8 Å². The van der Waals surface area contributed by atoms with Crippen molar-refractivity contribution in [2.75, 3.05) is 10.2 Å². The smallest absolute Gasteiger partial charge is 0.253 e. The summed E-state index contributed by atoms with van der Waals surface area (Å²) >= 11 is 0. The number of hydrogen-bond acceptors (Lipinski definition) is 3. The number of imidazole rings is 1. The van der Waals surface area contributed by atoms with Crippen LogP contribution in [0.1, 0.15) is 25.3 Å². The van der Waals surface area contributed by atoms with Crippen LogP contribution in [0.4, 0.5) is 16.0 Å². The van der Waals surface area contributed by atoms with E-state index in [1.807, 2.05) is 28.8 Å². The first-order valence-corrected chi connectivity index (χ1v) is 8.98. The molecule has 3 aromatic rings. The first-order chi connectivity index (χ1) is 13.1. The van der Waals surface area contributed by atoms with Gasteiger partial charge in [0.15, 0.2) is 0 Å². The van der Waals surface area contributed by atoms with Gasteiger partial charge in [-0.3, -0.25) is 19.1 Å². The summed E-state index contributed by atoms with van der Waals surface area (Å²) in [6.45, 7) is 0. The van der Waals surface area contributed by atoms with Gasteiger partial charge in [-0.1, -0.05) is 24.3 Å². The number of anilines is 2. The fourth-order valence-electron chi connectivity index (χ4n) is 3.67. The van der Waals surface area contributed by atoms with Crippen molar-refractivity contribution in [2.24, 2.45) is 0 Å². The monoisotopic (exact) mass is 364 g/mol. The number of fused-ring (bicyclic) bond motifs is 3. The molecule has 1 aliphatic carbocycles. The Morgan fingerprint density at radius 1 is 1.15 bits per heavy atom. The van der Waals surface area contributed by atoms with E-state index in [1.54, 1.807) is 17.0 Å². The molecule has 1 aliphatic heterocycles. The van der Waals surface area contributed by atoms with Crippen LogP contribution in [0.25, 0.3) is 11.0 Å². The van der Waals surface area contributed by atoms with Crippen LogP contribution in [0.15, 0.2) is 48.5 Å². The molecule has 0 saturated heterocycles. The Hall–Kier alpha value is -3.22. The van der Waals surface area contributed by atoms with E-state index in [4.69, 9.17) is 0 Å². The van der Waals surface area contributed by atoms with Crippen molar-refractivity contribution in [3.63, 3.8) is 0 Å². The molecule has 6 nitrogen and oxygen atoms in total. The van der Waals surface area contributed by atoms with Gasteiger partial charge in [-0.2, -0.15) is 0 Å². The lowest BCUT2D eigenvalue weighted by Gasteiger charge is -2.15. The third-order valence-corrected chi connectivity index (χ3v) is 5.07. The predicted molar refractivity (Wildman–Crippen MR) is 98.9 cm³/mol. The van der Waals surface area contributed by atoms with Crippen LogP contribution in [0, 0.1) is 5.82 Å². The van der Waals surface area contributed by atoms with Crippen molar-refractivity contribution < 1.29 is 14.0 Å². The van der Waals surface area contributed by atoms with Crippen LogP contribution >= 0.6 is 0 Å². The molecule has 1 N–H and O–H groups in total. The fraction of sp³-hybridized carbons (Fsp3) is 0.250. The average molecular weight is 364 g/mol. The molecule has 2 aromatic carbocycles. The van der Waals surface area contributed by atoms with Crippen molar-refractivity contribution in [2.45, 2.75) is 31.3 Å². The van der Waals surface area contributed by atoms with Crippen LogP contribution in [0.3, 0.4) is 0 Å². The first kappa shape index (κ1) is 16.0. The second-order valence-corrected chi connectivity index (χ2v) is 6.96. The molecule has 0 radical (unpaired) electrons. The highest BCUT2D eigenvalue weighted by atomic mass is 19.1. The molecule has 136 valence electrons. The quantitative estimate of drug-likeness (QED) is 0.773. The van der Waals surface area contributed by atoms with Gasteiger partial charge >= 0.3 is 0 Å². The van der Waals surface area contributed by atoms with Crippen molar-refractivity contribution in [1.29, 1.82) is 0 Å². The normalized spacial score (nSPS) is 18.8. The predicted octanol–water partition coefficient (Wildman–Crippen LogP) is 3.25. The van der Waals surface area contributed by atoms with E-state index in [0.717, 1.165) is 23.9 Å². The molecule has 27 heavy (non-hydrogen) atoms. The number of rotatable bonds is 4. The zero-order valence-corrected chi connectivity index (χ0v) is 14.4. The maximum atomic E-state index is 13.8. The Morgan fingerprint density at radius 3 is 2.67 bits per heavy atom. The van der Waals surface area contributed by atoms with Gasteiger partial charge in [-0.05, 0) is 37.1 Å². The Bertz CT molecular complexity index is 1070. The summed E-state index contributed by atoms with van der Waals surface area (Å²) in [5.74, 6) is -0.418. The molecule has 1 unspecified atom stereocenters. The third-order valence-electron chi connectivity index (χ3n) is 5.07. The maximum Gasteiger partial charge on any atom is 0.253 e. The minimum atomic E-state index is -0.667. The second-order valence-electron chi connectivity index (χ2n) is 6.96. The standard InChI is InChI=1S/C20H17FN4O2/c21-13-5-1-2-6-14(13)22-18(26)11-17-19(27)24(12-9-10-12)20-23-15-7-3-4-8-16(15)25(17)20/h1-8,12,17H,9-11H2,(H,22,26). The number of nitrogens with one attached hydrogen (secondary N) is 1. The Balaban J connectivity index is 1.48. The summed E-state index contributed by atoms with van der Waals surface area (Å²) in [4.78, 5) is 31.9. The van der Waals surface area contributed by atoms with E-state index >= 15 is 0 Å². The molecule has 1 saturated carbocycles. The van der Waals surface area contributed by atoms with Crippen LogP contribution in [0.2, 0.25) is 0 Å². The second kappa shape index (κ2) is 5.90. The molecule has 1 atom stereocenters. The summed E-state index contributed by atoms with van der Waals surface area (Å²) in [5.41, 5.74) is 1.74.